The molecule has 1 aliphatic heterocycles. The summed E-state index contributed by atoms with van der Waals surface area (Å²) >= 11 is 0. The predicted molar refractivity (Wildman–Crippen MR) is 72.3 cm³/mol. The van der Waals surface area contributed by atoms with Crippen LogP contribution in [0.5, 0.6) is 0 Å². The predicted octanol–water partition coefficient (Wildman–Crippen LogP) is 1.95. The van der Waals surface area contributed by atoms with Gasteiger partial charge in [0.25, 0.3) is 0 Å². The monoisotopic (exact) mass is 337 g/mol. The van der Waals surface area contributed by atoms with Crippen molar-refractivity contribution < 1.29 is 42.6 Å². The third kappa shape index (κ3) is 5.72. The molecule has 0 spiro atoms. The fourth-order valence-electron chi connectivity index (χ4n) is 1.88. The van der Waals surface area contributed by atoms with Crippen LogP contribution < -0.4 is 0 Å². The minimum absolute atomic E-state index is 0. The van der Waals surface area contributed by atoms with E-state index in [1.807, 2.05) is 39.0 Å². The first-order valence-corrected chi connectivity index (χ1v) is 6.44. The second-order valence-corrected chi connectivity index (χ2v) is 4.80. The van der Waals surface area contributed by atoms with Crippen molar-refractivity contribution in [3.05, 3.63) is 35.4 Å². The van der Waals surface area contributed by atoms with Crippen LogP contribution in [0.4, 0.5) is 0 Å². The summed E-state index contributed by atoms with van der Waals surface area (Å²) in [6.45, 7) is 8.61. The van der Waals surface area contributed by atoms with Crippen LogP contribution in [-0.2, 0) is 43.9 Å². The Hall–Kier alpha value is -0.246. The maximum Gasteiger partial charge on any atom is 0.215 e. The molecule has 3 nitrogen and oxygen atoms in total. The first-order chi connectivity index (χ1) is 8.46. The van der Waals surface area contributed by atoms with Crippen LogP contribution in [0.1, 0.15) is 31.9 Å². The molecule has 0 aliphatic carbocycles. The van der Waals surface area contributed by atoms with E-state index < -0.39 is 5.60 Å². The Bertz CT molecular complexity index is 393. The van der Waals surface area contributed by atoms with Crippen LogP contribution in [0.2, 0.25) is 0 Å². The van der Waals surface area contributed by atoms with E-state index >= 15 is 0 Å². The van der Waals surface area contributed by atoms with Gasteiger partial charge in [0.1, 0.15) is 0 Å². The van der Waals surface area contributed by atoms with E-state index in [-0.39, 0.29) is 38.6 Å². The maximum absolute atomic E-state index is 11.8. The molecule has 1 heterocycles. The van der Waals surface area contributed by atoms with Crippen LogP contribution in [0.25, 0.3) is 0 Å². The van der Waals surface area contributed by atoms with Gasteiger partial charge in [0, 0.05) is 39.1 Å². The molecule has 1 N–H and O–H groups in total. The topological polar surface area (TPSA) is 40.5 Å². The van der Waals surface area contributed by atoms with Gasteiger partial charge in [-0.3, -0.25) is 4.79 Å². The molecule has 0 unspecified atom stereocenters. The zero-order valence-electron chi connectivity index (χ0n) is 12.2. The fourth-order valence-corrected chi connectivity index (χ4v) is 1.88. The van der Waals surface area contributed by atoms with E-state index in [2.05, 4.69) is 6.07 Å². The quantitative estimate of drug-likeness (QED) is 0.838. The maximum atomic E-state index is 11.8. The Morgan fingerprint density at radius 1 is 1.42 bits per heavy atom. The summed E-state index contributed by atoms with van der Waals surface area (Å²) in [5, 5.41) is 9.53. The smallest absolute Gasteiger partial charge is 0.215 e. The molecule has 1 saturated heterocycles. The van der Waals surface area contributed by atoms with Gasteiger partial charge in [0.05, 0.1) is 18.7 Å². The van der Waals surface area contributed by atoms with Crippen LogP contribution in [0.3, 0.4) is 0 Å². The number of carbonyl (C=O) groups is 1. The molecule has 1 aliphatic rings. The summed E-state index contributed by atoms with van der Waals surface area (Å²) in [4.78, 5) is 13.4. The number of likely N-dealkylation sites (tertiary alicyclic amines) is 1. The number of hydrogen-bond donors (Lipinski definition) is 1. The van der Waals surface area contributed by atoms with Gasteiger partial charge in [-0.2, -0.15) is 29.8 Å². The van der Waals surface area contributed by atoms with E-state index in [1.165, 1.54) is 0 Å². The molecule has 19 heavy (non-hydrogen) atoms. The Balaban J connectivity index is 0.00000103. The van der Waals surface area contributed by atoms with E-state index in [1.54, 1.807) is 11.8 Å². The summed E-state index contributed by atoms with van der Waals surface area (Å²) in [6, 6.07) is 8.83. The first kappa shape index (κ1) is 18.8. The number of aliphatic hydroxyl groups is 1. The van der Waals surface area contributed by atoms with Gasteiger partial charge in [-0.05, 0) is 6.92 Å². The van der Waals surface area contributed by atoms with Crippen molar-refractivity contribution in [3.8, 4) is 0 Å². The van der Waals surface area contributed by atoms with Gasteiger partial charge in [-0.25, -0.2) is 0 Å². The molecule has 0 saturated carbocycles. The van der Waals surface area contributed by atoms with Crippen molar-refractivity contribution in [2.24, 2.45) is 0 Å². The number of carbonyl (C=O) groups excluding carboxylic acids is 1. The third-order valence-electron chi connectivity index (χ3n) is 2.80. The van der Waals surface area contributed by atoms with Gasteiger partial charge in [0.2, 0.25) is 5.91 Å². The standard InChI is InChI=1S/C13H16NO2.C2H6.Y/c1-10-3-5-11(6-4-10)7-12(15)14-8-13(2,16)9-14;1-2;/h3,5-6,16H,7-9H2,1-2H3;1-2H3;/q-1;;. The molecule has 103 valence electrons. The molecule has 1 radical (unpaired) electrons. The van der Waals surface area contributed by atoms with Crippen molar-refractivity contribution in [1.82, 2.24) is 4.90 Å². The number of nitrogens with zero attached hydrogens (tertiary/aromatic N) is 1. The van der Waals surface area contributed by atoms with E-state index in [4.69, 9.17) is 0 Å². The number of benzene rings is 1. The fraction of sp³-hybridized carbons (Fsp3) is 0.533. The number of aryl methyl sites for hydroxylation is 1. The average molecular weight is 337 g/mol. The molecule has 0 aromatic heterocycles. The van der Waals surface area contributed by atoms with Crippen molar-refractivity contribution in [1.29, 1.82) is 0 Å². The van der Waals surface area contributed by atoms with E-state index in [9.17, 15) is 9.90 Å². The molecule has 0 atom stereocenters. The molecule has 2 rings (SSSR count). The van der Waals surface area contributed by atoms with Gasteiger partial charge in [-0.1, -0.05) is 20.8 Å². The van der Waals surface area contributed by atoms with Gasteiger partial charge >= 0.3 is 0 Å². The molecule has 1 aromatic carbocycles. The van der Waals surface area contributed by atoms with Crippen molar-refractivity contribution in [2.45, 2.75) is 39.7 Å². The first-order valence-electron chi connectivity index (χ1n) is 6.44. The number of hydrogen-bond acceptors (Lipinski definition) is 2. The largest absolute Gasteiger partial charge is 0.386 e. The molecule has 4 heteroatoms. The van der Waals surface area contributed by atoms with Crippen molar-refractivity contribution in [3.63, 3.8) is 0 Å². The summed E-state index contributed by atoms with van der Waals surface area (Å²) in [5.41, 5.74) is 1.36. The summed E-state index contributed by atoms with van der Waals surface area (Å²) < 4.78 is 0. The third-order valence-corrected chi connectivity index (χ3v) is 2.80. The van der Waals surface area contributed by atoms with Gasteiger partial charge < -0.3 is 10.0 Å². The number of amides is 1. The van der Waals surface area contributed by atoms with E-state index in [0.29, 0.717) is 19.5 Å². The molecule has 0 bridgehead atoms. The summed E-state index contributed by atoms with van der Waals surface area (Å²) in [5.74, 6) is 0.0729. The Labute approximate surface area is 141 Å². The normalized spacial score (nSPS) is 15.5. The van der Waals surface area contributed by atoms with Crippen molar-refractivity contribution in [2.75, 3.05) is 13.1 Å². The Morgan fingerprint density at radius 3 is 2.42 bits per heavy atom. The van der Waals surface area contributed by atoms with Crippen LogP contribution in [-0.4, -0.2) is 34.6 Å². The molecule has 1 aromatic rings. The SMILES string of the molecule is CC.Cc1[c-]cc(CC(=O)N2CC(C)(O)C2)cc1.[Y]. The average Bonchev–Trinajstić information content (AvgIpc) is 2.31. The summed E-state index contributed by atoms with van der Waals surface area (Å²) in [7, 11) is 0. The molecule has 1 fully saturated rings. The number of β-amino-alcohol motifs (C(OH)–C–C–N with tert-alkyl or cyclic N) is 1. The number of rotatable bonds is 2. The second kappa shape index (κ2) is 8.13. The summed E-state index contributed by atoms with van der Waals surface area (Å²) in [6.07, 6.45) is 0.396. The van der Waals surface area contributed by atoms with Gasteiger partial charge in [-0.15, -0.1) is 5.56 Å². The van der Waals surface area contributed by atoms with Gasteiger partial charge in [0.15, 0.2) is 0 Å². The van der Waals surface area contributed by atoms with Crippen LogP contribution >= 0.6 is 0 Å². The Morgan fingerprint density at radius 2 is 2.00 bits per heavy atom. The van der Waals surface area contributed by atoms with Crippen LogP contribution in [0.15, 0.2) is 18.2 Å². The zero-order valence-corrected chi connectivity index (χ0v) is 15.1. The second-order valence-electron chi connectivity index (χ2n) is 4.80. The zero-order chi connectivity index (χ0) is 13.8. The molecular weight excluding hydrogens is 315 g/mol. The van der Waals surface area contributed by atoms with E-state index in [0.717, 1.165) is 11.1 Å². The minimum Gasteiger partial charge on any atom is -0.386 e. The molecular formula is C15H22NO2Y-. The Kier molecular flexibility index (Phi) is 8.03. The van der Waals surface area contributed by atoms with Crippen molar-refractivity contribution >= 4 is 5.91 Å². The molecule has 1 amide bonds. The van der Waals surface area contributed by atoms with Crippen LogP contribution in [0, 0.1) is 13.0 Å². The minimum atomic E-state index is -0.685.